The lowest BCUT2D eigenvalue weighted by atomic mass is 10.1. The third kappa shape index (κ3) is 5.40. The number of carbonyl (C=O) groups is 2. The number of carboxylic acid groups (broad SMARTS) is 1. The molecule has 1 aromatic rings. The summed E-state index contributed by atoms with van der Waals surface area (Å²) < 4.78 is 22.0. The van der Waals surface area contributed by atoms with Gasteiger partial charge in [-0.15, -0.1) is 0 Å². The van der Waals surface area contributed by atoms with Gasteiger partial charge in [-0.25, -0.2) is 4.79 Å². The molecular weight excluding hydrogens is 334 g/mol. The van der Waals surface area contributed by atoms with Crippen LogP contribution >= 0.6 is 0 Å². The molecule has 0 radical (unpaired) electrons. The monoisotopic (exact) mass is 355 g/mol. The van der Waals surface area contributed by atoms with Gasteiger partial charge in [0.2, 0.25) is 0 Å². The molecule has 1 fully saturated rings. The number of nitrogens with one attached hydrogen (secondary N) is 1. The molecule has 1 aliphatic rings. The molecule has 0 aromatic heterocycles. The summed E-state index contributed by atoms with van der Waals surface area (Å²) in [5.41, 5.74) is 1.42. The van der Waals surface area contributed by atoms with Crippen LogP contribution in [0.25, 0.3) is 0 Å². The van der Waals surface area contributed by atoms with Crippen molar-refractivity contribution in [2.75, 3.05) is 24.8 Å². The predicted octanol–water partition coefficient (Wildman–Crippen LogP) is 1.15. The van der Waals surface area contributed by atoms with E-state index < -0.39 is 29.0 Å². The Labute approximate surface area is 142 Å². The van der Waals surface area contributed by atoms with Crippen LogP contribution in [-0.4, -0.2) is 52.9 Å². The third-order valence-corrected chi connectivity index (χ3v) is 4.90. The van der Waals surface area contributed by atoms with Crippen molar-refractivity contribution in [3.8, 4) is 0 Å². The normalized spacial score (nSPS) is 21.4. The van der Waals surface area contributed by atoms with Crippen LogP contribution in [0, 0.1) is 0 Å². The van der Waals surface area contributed by atoms with Crippen LogP contribution in [0.1, 0.15) is 18.4 Å². The summed E-state index contributed by atoms with van der Waals surface area (Å²) in [5.74, 6) is -0.574. The average molecular weight is 355 g/mol. The Morgan fingerprint density at radius 3 is 2.79 bits per heavy atom. The first-order valence-electron chi connectivity index (χ1n) is 7.61. The number of ether oxygens (including phenoxy) is 2. The minimum Gasteiger partial charge on any atom is -0.479 e. The number of hydrogen-bond acceptors (Lipinski definition) is 5. The summed E-state index contributed by atoms with van der Waals surface area (Å²) in [6.45, 7) is 0.437. The first-order chi connectivity index (χ1) is 11.5. The number of hydrogen-bond donors (Lipinski definition) is 2. The minimum atomic E-state index is -1.05. The van der Waals surface area contributed by atoms with E-state index in [0.29, 0.717) is 36.6 Å². The summed E-state index contributed by atoms with van der Waals surface area (Å²) in [6, 6.07) is 7.09. The summed E-state index contributed by atoms with van der Waals surface area (Å²) >= 11 is 0. The van der Waals surface area contributed by atoms with Crippen molar-refractivity contribution in [1.82, 2.24) is 0 Å². The molecule has 1 amide bonds. The number of anilines is 1. The van der Waals surface area contributed by atoms with Gasteiger partial charge in [0.1, 0.15) is 6.10 Å². The van der Waals surface area contributed by atoms with Crippen LogP contribution in [0.15, 0.2) is 24.3 Å². The van der Waals surface area contributed by atoms with Crippen LogP contribution in [0.2, 0.25) is 0 Å². The molecule has 1 heterocycles. The van der Waals surface area contributed by atoms with E-state index >= 15 is 0 Å². The van der Waals surface area contributed by atoms with Gasteiger partial charge in [0.15, 0.2) is 6.10 Å². The van der Waals surface area contributed by atoms with Gasteiger partial charge in [-0.1, -0.05) is 12.1 Å². The molecule has 1 aliphatic heterocycles. The highest BCUT2D eigenvalue weighted by molar-refractivity contribution is 7.84. The number of carboxylic acids is 1. The van der Waals surface area contributed by atoms with Gasteiger partial charge < -0.3 is 19.9 Å². The average Bonchev–Trinajstić information content (AvgIpc) is 3.03. The topological polar surface area (TPSA) is 102 Å². The number of carbonyl (C=O) groups excluding carboxylic acids is 1. The smallest absolute Gasteiger partial charge is 0.332 e. The second kappa shape index (κ2) is 8.91. The van der Waals surface area contributed by atoms with Crippen molar-refractivity contribution in [3.05, 3.63) is 29.8 Å². The number of rotatable bonds is 8. The van der Waals surface area contributed by atoms with Crippen LogP contribution < -0.4 is 5.32 Å². The molecule has 132 valence electrons. The number of methoxy groups -OCH3 is 1. The molecule has 7 nitrogen and oxygen atoms in total. The molecule has 0 spiro atoms. The second-order valence-electron chi connectivity index (χ2n) is 5.50. The first kappa shape index (κ1) is 18.6. The zero-order chi connectivity index (χ0) is 17.5. The highest BCUT2D eigenvalue weighted by atomic mass is 32.2. The van der Waals surface area contributed by atoms with Crippen molar-refractivity contribution in [1.29, 1.82) is 0 Å². The number of amides is 1. The van der Waals surface area contributed by atoms with Crippen LogP contribution in [0.4, 0.5) is 5.69 Å². The van der Waals surface area contributed by atoms with Crippen molar-refractivity contribution in [2.24, 2.45) is 0 Å². The first-order valence-corrected chi connectivity index (χ1v) is 9.10. The quantitative estimate of drug-likeness (QED) is 0.725. The van der Waals surface area contributed by atoms with E-state index in [1.54, 1.807) is 25.3 Å². The molecule has 3 atom stereocenters. The molecular formula is C16H21NO6S. The van der Waals surface area contributed by atoms with Gasteiger partial charge in [0.05, 0.1) is 6.61 Å². The molecule has 1 unspecified atom stereocenters. The van der Waals surface area contributed by atoms with Gasteiger partial charge in [-0.05, 0) is 30.5 Å². The third-order valence-electron chi connectivity index (χ3n) is 3.62. The van der Waals surface area contributed by atoms with Crippen LogP contribution in [0.5, 0.6) is 0 Å². The molecule has 0 saturated carbocycles. The van der Waals surface area contributed by atoms with Gasteiger partial charge >= 0.3 is 5.97 Å². The fraction of sp³-hybridized carbons (Fsp3) is 0.500. The zero-order valence-electron chi connectivity index (χ0n) is 13.4. The highest BCUT2D eigenvalue weighted by Crippen LogP contribution is 2.22. The summed E-state index contributed by atoms with van der Waals surface area (Å²) in [5, 5.41) is 11.6. The second-order valence-corrected chi connectivity index (χ2v) is 7.08. The highest BCUT2D eigenvalue weighted by Gasteiger charge is 2.34. The fourth-order valence-electron chi connectivity index (χ4n) is 2.41. The van der Waals surface area contributed by atoms with E-state index in [-0.39, 0.29) is 5.91 Å². The number of aliphatic carboxylic acids is 1. The summed E-state index contributed by atoms with van der Waals surface area (Å²) in [4.78, 5) is 23.0. The Morgan fingerprint density at radius 1 is 1.38 bits per heavy atom. The van der Waals surface area contributed by atoms with E-state index in [1.807, 2.05) is 6.07 Å². The van der Waals surface area contributed by atoms with Crippen molar-refractivity contribution >= 4 is 28.4 Å². The van der Waals surface area contributed by atoms with Crippen molar-refractivity contribution in [2.45, 2.75) is 30.8 Å². The lowest BCUT2D eigenvalue weighted by Gasteiger charge is -2.12. The van der Waals surface area contributed by atoms with E-state index in [0.717, 1.165) is 5.56 Å². The van der Waals surface area contributed by atoms with Gasteiger partial charge in [-0.3, -0.25) is 9.00 Å². The molecule has 0 aliphatic carbocycles. The number of benzene rings is 1. The van der Waals surface area contributed by atoms with E-state index in [2.05, 4.69) is 5.32 Å². The molecule has 0 bridgehead atoms. The zero-order valence-corrected chi connectivity index (χ0v) is 14.2. The Kier molecular flexibility index (Phi) is 6.89. The molecule has 1 saturated heterocycles. The lowest BCUT2D eigenvalue weighted by Crippen LogP contribution is -2.29. The predicted molar refractivity (Wildman–Crippen MR) is 89.2 cm³/mol. The Bertz CT molecular complexity index is 620. The maximum atomic E-state index is 12.2. The SMILES string of the molecule is COCCS(=O)Cc1cccc(NC(=O)[C@@H]2CC[C@H](C(=O)O)O2)c1. The minimum absolute atomic E-state index is 0.325. The molecule has 2 rings (SSSR count). The van der Waals surface area contributed by atoms with E-state index in [1.165, 1.54) is 0 Å². The lowest BCUT2D eigenvalue weighted by molar-refractivity contribution is -0.150. The maximum absolute atomic E-state index is 12.2. The van der Waals surface area contributed by atoms with Crippen LogP contribution in [-0.2, 0) is 35.6 Å². The summed E-state index contributed by atoms with van der Waals surface area (Å²) in [6.07, 6.45) is -0.976. The van der Waals surface area contributed by atoms with Crippen molar-refractivity contribution < 1.29 is 28.4 Å². The molecule has 1 aromatic carbocycles. The van der Waals surface area contributed by atoms with Crippen molar-refractivity contribution in [3.63, 3.8) is 0 Å². The Morgan fingerprint density at radius 2 is 2.12 bits per heavy atom. The van der Waals surface area contributed by atoms with Crippen LogP contribution in [0.3, 0.4) is 0 Å². The van der Waals surface area contributed by atoms with Gasteiger partial charge in [0.25, 0.3) is 5.91 Å². The fourth-order valence-corrected chi connectivity index (χ4v) is 3.46. The molecule has 8 heteroatoms. The maximum Gasteiger partial charge on any atom is 0.332 e. The molecule has 2 N–H and O–H groups in total. The molecule has 24 heavy (non-hydrogen) atoms. The van der Waals surface area contributed by atoms with Gasteiger partial charge in [-0.2, -0.15) is 0 Å². The van der Waals surface area contributed by atoms with E-state index in [4.69, 9.17) is 14.6 Å². The Balaban J connectivity index is 1.91. The van der Waals surface area contributed by atoms with E-state index in [9.17, 15) is 13.8 Å². The standard InChI is InChI=1S/C16H21NO6S/c1-22-7-8-24(21)10-11-3-2-4-12(9-11)17-15(18)13-5-6-14(23-13)16(19)20/h2-4,9,13-14H,5-8,10H2,1H3,(H,17,18)(H,19,20)/t13-,14+,24?/m0/s1. The van der Waals surface area contributed by atoms with Gasteiger partial charge in [0, 0.05) is 35.1 Å². The summed E-state index contributed by atoms with van der Waals surface area (Å²) in [7, 11) is 0.531. The largest absolute Gasteiger partial charge is 0.479 e. The Hall–Kier alpha value is -1.77.